The van der Waals surface area contributed by atoms with Crippen molar-refractivity contribution >= 4 is 34.0 Å². The molecule has 1 aliphatic carbocycles. The highest BCUT2D eigenvalue weighted by atomic mass is 32.2. The predicted molar refractivity (Wildman–Crippen MR) is 116 cm³/mol. The molecule has 2 atom stereocenters. The fraction of sp³-hybridized carbons (Fsp3) is 0.364. The summed E-state index contributed by atoms with van der Waals surface area (Å²) in [5.74, 6) is -0.244. The van der Waals surface area contributed by atoms with Crippen molar-refractivity contribution in [1.82, 2.24) is 5.27 Å². The number of thioether (sulfide) groups is 1. The minimum Gasteiger partial charge on any atom is -0.538 e. The Hall–Kier alpha value is -2.83. The lowest BCUT2D eigenvalue weighted by Gasteiger charge is -2.17. The highest BCUT2D eigenvalue weighted by Gasteiger charge is 2.30. The smallest absolute Gasteiger partial charge is 0.298 e. The molecule has 0 aliphatic heterocycles. The van der Waals surface area contributed by atoms with Crippen molar-refractivity contribution in [3.05, 3.63) is 46.3 Å². The van der Waals surface area contributed by atoms with Crippen LogP contribution in [0.2, 0.25) is 0 Å². The molecule has 9 heteroatoms. The summed E-state index contributed by atoms with van der Waals surface area (Å²) in [6, 6.07) is 11.4. The van der Waals surface area contributed by atoms with E-state index in [0.717, 1.165) is 36.6 Å². The van der Waals surface area contributed by atoms with Crippen molar-refractivity contribution < 1.29 is 19.1 Å². The van der Waals surface area contributed by atoms with Gasteiger partial charge in [0.05, 0.1) is 16.1 Å². The normalized spacial score (nSPS) is 16.4. The molecule has 31 heavy (non-hydrogen) atoms. The molecule has 7 nitrogen and oxygen atoms in total. The van der Waals surface area contributed by atoms with Gasteiger partial charge in [-0.15, -0.1) is 11.3 Å². The molecule has 2 unspecified atom stereocenters. The Kier molecular flexibility index (Phi) is 6.30. The molecule has 160 valence electrons. The lowest BCUT2D eigenvalue weighted by molar-refractivity contribution is -0.705. The average molecular weight is 455 g/mol. The highest BCUT2D eigenvalue weighted by Crippen LogP contribution is 2.40. The van der Waals surface area contributed by atoms with Gasteiger partial charge in [0.25, 0.3) is 5.03 Å². The predicted octanol–water partition coefficient (Wildman–Crippen LogP) is 3.59. The number of nitrogens with one attached hydrogen (secondary N) is 1. The molecule has 0 saturated carbocycles. The molecule has 0 fully saturated rings. The molecule has 0 radical (unpaired) electrons. The molecular weight excluding hydrogens is 432 g/mol. The molecule has 0 bridgehead atoms. The number of benzene rings is 1. The third-order valence-electron chi connectivity index (χ3n) is 5.35. The van der Waals surface area contributed by atoms with E-state index in [1.165, 1.54) is 20.9 Å². The zero-order chi connectivity index (χ0) is 22.0. The van der Waals surface area contributed by atoms with E-state index in [2.05, 4.69) is 23.6 Å². The minimum atomic E-state index is -0.585. The van der Waals surface area contributed by atoms with Gasteiger partial charge < -0.3 is 14.9 Å². The van der Waals surface area contributed by atoms with Crippen LogP contribution < -0.4 is 15.1 Å². The first kappa shape index (κ1) is 21.4. The lowest BCUT2D eigenvalue weighted by atomic mass is 9.88. The number of carbonyl (C=O) groups excluding carboxylic acids is 1. The number of carbonyl (C=O) groups is 1. The van der Waals surface area contributed by atoms with E-state index in [0.29, 0.717) is 28.6 Å². The minimum absolute atomic E-state index is 0.240. The van der Waals surface area contributed by atoms with Crippen molar-refractivity contribution in [3.63, 3.8) is 0 Å². The molecular formula is C22H22N4O3S2. The number of hydrogen-bond acceptors (Lipinski definition) is 7. The molecule has 4 rings (SSSR count). The van der Waals surface area contributed by atoms with Crippen molar-refractivity contribution in [3.8, 4) is 17.7 Å². The van der Waals surface area contributed by atoms with Crippen LogP contribution in [0, 0.1) is 17.2 Å². The summed E-state index contributed by atoms with van der Waals surface area (Å²) in [6.07, 6.45) is 3.36. The molecule has 2 heterocycles. The Morgan fingerprint density at radius 2 is 2.26 bits per heavy atom. The number of anilines is 1. The molecule has 2 aromatic heterocycles. The van der Waals surface area contributed by atoms with Gasteiger partial charge in [-0.3, -0.25) is 4.79 Å². The molecule has 0 spiro atoms. The van der Waals surface area contributed by atoms with Gasteiger partial charge in [-0.2, -0.15) is 5.26 Å². The zero-order valence-electron chi connectivity index (χ0n) is 17.3. The Balaban J connectivity index is 1.56. The number of aromatic nitrogens is 2. The number of rotatable bonds is 6. The topological polar surface area (TPSA) is 106 Å². The van der Waals surface area contributed by atoms with Crippen LogP contribution in [-0.2, 0) is 17.6 Å². The second-order valence-electron chi connectivity index (χ2n) is 7.58. The first-order chi connectivity index (χ1) is 15.0. The van der Waals surface area contributed by atoms with Crippen LogP contribution in [-0.4, -0.2) is 16.4 Å². The largest absolute Gasteiger partial charge is 0.538 e. The number of para-hydroxylation sites is 1. The molecule has 1 aromatic carbocycles. The summed E-state index contributed by atoms with van der Waals surface area (Å²) >= 11 is 2.62. The molecule has 1 N–H and O–H groups in total. The Labute approximate surface area is 188 Å². The van der Waals surface area contributed by atoms with Crippen LogP contribution in [0.15, 0.2) is 39.9 Å². The van der Waals surface area contributed by atoms with Crippen LogP contribution >= 0.6 is 23.1 Å². The summed E-state index contributed by atoms with van der Waals surface area (Å²) in [7, 11) is 0. The quantitative estimate of drug-likeness (QED) is 0.451. The van der Waals surface area contributed by atoms with Gasteiger partial charge in [0.1, 0.15) is 11.1 Å². The van der Waals surface area contributed by atoms with E-state index < -0.39 is 11.2 Å². The second kappa shape index (κ2) is 9.12. The number of thiophene rings is 1. The number of fused-ring (bicyclic) bond motifs is 1. The summed E-state index contributed by atoms with van der Waals surface area (Å²) < 4.78 is 6.27. The van der Waals surface area contributed by atoms with Crippen LogP contribution in [0.1, 0.15) is 42.7 Å². The van der Waals surface area contributed by atoms with E-state index in [1.54, 1.807) is 0 Å². The Morgan fingerprint density at radius 3 is 2.97 bits per heavy atom. The maximum atomic E-state index is 13.1. The molecule has 1 aliphatic rings. The van der Waals surface area contributed by atoms with E-state index >= 15 is 0 Å². The standard InChI is InChI=1S/C22H22N4O3S2/c1-3-17(31-21-22(28)29-25-26(21)14-7-5-4-6-8-14)19(27)24-20-16(12-23)15-10-9-13(2)11-18(15)30-20/h4-8,13,17H,3,9-11H2,1-2H3,(H-,24,25,27,28). The highest BCUT2D eigenvalue weighted by molar-refractivity contribution is 8.00. The van der Waals surface area contributed by atoms with Crippen LogP contribution in [0.3, 0.4) is 0 Å². The summed E-state index contributed by atoms with van der Waals surface area (Å²) in [5.41, 5.74) is 2.33. The number of nitriles is 1. The fourth-order valence-electron chi connectivity index (χ4n) is 3.68. The van der Waals surface area contributed by atoms with Crippen molar-refractivity contribution in [1.29, 1.82) is 5.26 Å². The first-order valence-corrected chi connectivity index (χ1v) is 11.9. The van der Waals surface area contributed by atoms with Crippen LogP contribution in [0.5, 0.6) is 5.95 Å². The monoisotopic (exact) mass is 454 g/mol. The van der Waals surface area contributed by atoms with E-state index in [1.807, 2.05) is 37.3 Å². The summed E-state index contributed by atoms with van der Waals surface area (Å²) in [6.45, 7) is 4.09. The first-order valence-electron chi connectivity index (χ1n) is 10.2. The zero-order valence-corrected chi connectivity index (χ0v) is 18.9. The average Bonchev–Trinajstić information content (AvgIpc) is 3.31. The van der Waals surface area contributed by atoms with Gasteiger partial charge in [-0.25, -0.2) is 0 Å². The number of hydrogen-bond donors (Lipinski definition) is 1. The van der Waals surface area contributed by atoms with Gasteiger partial charge >= 0.3 is 0 Å². The number of nitrogens with zero attached hydrogens (tertiary/aromatic N) is 3. The SMILES string of the molecule is CCC(Sc1c([O-])on[n+]1-c1ccccc1)C(=O)Nc1sc2c(c1C#N)CCC(C)C2. The number of amides is 1. The maximum Gasteiger partial charge on any atom is 0.298 e. The van der Waals surface area contributed by atoms with Crippen molar-refractivity contribution in [2.24, 2.45) is 5.92 Å². The van der Waals surface area contributed by atoms with Gasteiger partial charge in [0, 0.05) is 17.0 Å². The Morgan fingerprint density at radius 1 is 1.48 bits per heavy atom. The fourth-order valence-corrected chi connectivity index (χ4v) is 6.02. The van der Waals surface area contributed by atoms with Crippen molar-refractivity contribution in [2.75, 3.05) is 5.32 Å². The van der Waals surface area contributed by atoms with Gasteiger partial charge in [0.15, 0.2) is 5.95 Å². The van der Waals surface area contributed by atoms with Gasteiger partial charge in [-0.1, -0.05) is 32.0 Å². The second-order valence-corrected chi connectivity index (χ2v) is 9.88. The van der Waals surface area contributed by atoms with Gasteiger partial charge in [-0.05, 0) is 53.6 Å². The summed E-state index contributed by atoms with van der Waals surface area (Å²) in [5, 5.41) is 29.0. The third-order valence-corrected chi connectivity index (χ3v) is 7.92. The Bertz CT molecular complexity index is 1130. The van der Waals surface area contributed by atoms with Crippen LogP contribution in [0.25, 0.3) is 5.69 Å². The van der Waals surface area contributed by atoms with E-state index in [9.17, 15) is 15.2 Å². The molecule has 0 saturated heterocycles. The van der Waals surface area contributed by atoms with Crippen LogP contribution in [0.4, 0.5) is 5.00 Å². The molecule has 3 aromatic rings. The lowest BCUT2D eigenvalue weighted by Crippen LogP contribution is -2.36. The van der Waals surface area contributed by atoms with Gasteiger partial charge in [0.2, 0.25) is 11.6 Å². The third kappa shape index (κ3) is 4.31. The van der Waals surface area contributed by atoms with Crippen molar-refractivity contribution in [2.45, 2.75) is 49.8 Å². The maximum absolute atomic E-state index is 13.1. The summed E-state index contributed by atoms with van der Waals surface area (Å²) in [4.78, 5) is 14.3. The molecule has 1 amide bonds. The van der Waals surface area contributed by atoms with E-state index in [-0.39, 0.29) is 10.9 Å². The van der Waals surface area contributed by atoms with E-state index in [4.69, 9.17) is 4.52 Å².